The second kappa shape index (κ2) is 7.21. The summed E-state index contributed by atoms with van der Waals surface area (Å²) >= 11 is 0. The number of ether oxygens (including phenoxy) is 1. The van der Waals surface area contributed by atoms with Gasteiger partial charge in [0.2, 0.25) is 0 Å². The second-order valence-electron chi connectivity index (χ2n) is 6.23. The largest absolute Gasteiger partial charge is 0.444 e. The fraction of sp³-hybridized carbons (Fsp3) is 0.562. The Morgan fingerprint density at radius 1 is 1.22 bits per heavy atom. The minimum atomic E-state index is -4.43. The standard InChI is InChI=1S/C16H22F3NO3/c1-5-12(20-14(22)23-15(2,3)4)13(21)10-6-8-11(9-7-10)16(17,18)19/h6-9,12-13,21H,5H2,1-4H3,(H,20,22). The zero-order valence-corrected chi connectivity index (χ0v) is 13.6. The first-order valence-corrected chi connectivity index (χ1v) is 7.28. The molecule has 23 heavy (non-hydrogen) atoms. The molecule has 2 unspecified atom stereocenters. The van der Waals surface area contributed by atoms with E-state index in [0.29, 0.717) is 12.0 Å². The lowest BCUT2D eigenvalue weighted by Crippen LogP contribution is -2.42. The molecule has 4 nitrogen and oxygen atoms in total. The molecule has 0 aliphatic rings. The van der Waals surface area contributed by atoms with E-state index in [4.69, 9.17) is 4.74 Å². The molecule has 0 bridgehead atoms. The number of benzene rings is 1. The van der Waals surface area contributed by atoms with Crippen LogP contribution < -0.4 is 5.32 Å². The Morgan fingerprint density at radius 2 is 1.74 bits per heavy atom. The molecule has 0 saturated heterocycles. The van der Waals surface area contributed by atoms with Crippen LogP contribution in [0.25, 0.3) is 0 Å². The summed E-state index contributed by atoms with van der Waals surface area (Å²) in [5.74, 6) is 0. The maximum Gasteiger partial charge on any atom is 0.416 e. The lowest BCUT2D eigenvalue weighted by Gasteiger charge is -2.26. The van der Waals surface area contributed by atoms with Gasteiger partial charge in [0.15, 0.2) is 0 Å². The Bertz CT molecular complexity index is 521. The molecule has 1 aromatic rings. The van der Waals surface area contributed by atoms with Crippen molar-refractivity contribution >= 4 is 6.09 Å². The Kier molecular flexibility index (Phi) is 6.04. The predicted octanol–water partition coefficient (Wildman–Crippen LogP) is 4.04. The molecule has 0 saturated carbocycles. The van der Waals surface area contributed by atoms with Gasteiger partial charge in [0.25, 0.3) is 0 Å². The number of alkyl carbamates (subject to hydrolysis) is 1. The van der Waals surface area contributed by atoms with E-state index in [9.17, 15) is 23.1 Å². The average molecular weight is 333 g/mol. The van der Waals surface area contributed by atoms with Crippen LogP contribution in [0.2, 0.25) is 0 Å². The molecule has 0 radical (unpaired) electrons. The van der Waals surface area contributed by atoms with Crippen molar-refractivity contribution < 1.29 is 27.8 Å². The van der Waals surface area contributed by atoms with Crippen LogP contribution in [-0.2, 0) is 10.9 Å². The monoisotopic (exact) mass is 333 g/mol. The van der Waals surface area contributed by atoms with Gasteiger partial charge in [-0.3, -0.25) is 0 Å². The summed E-state index contributed by atoms with van der Waals surface area (Å²) in [6.07, 6.45) is -5.85. The Morgan fingerprint density at radius 3 is 2.13 bits per heavy atom. The molecular weight excluding hydrogens is 311 g/mol. The molecule has 1 rings (SSSR count). The number of hydrogen-bond donors (Lipinski definition) is 2. The molecule has 0 aromatic heterocycles. The van der Waals surface area contributed by atoms with Gasteiger partial charge in [-0.2, -0.15) is 13.2 Å². The number of aliphatic hydroxyl groups excluding tert-OH is 1. The summed E-state index contributed by atoms with van der Waals surface area (Å²) in [6, 6.07) is 3.54. The first-order valence-electron chi connectivity index (χ1n) is 7.28. The lowest BCUT2D eigenvalue weighted by molar-refractivity contribution is -0.137. The van der Waals surface area contributed by atoms with E-state index in [-0.39, 0.29) is 0 Å². The van der Waals surface area contributed by atoms with Crippen LogP contribution in [0.3, 0.4) is 0 Å². The normalized spacial score (nSPS) is 15.0. The summed E-state index contributed by atoms with van der Waals surface area (Å²) < 4.78 is 42.7. The molecule has 0 fully saturated rings. The van der Waals surface area contributed by atoms with Gasteiger partial charge in [-0.05, 0) is 44.9 Å². The fourth-order valence-corrected chi connectivity index (χ4v) is 1.96. The van der Waals surface area contributed by atoms with Gasteiger partial charge in [-0.1, -0.05) is 19.1 Å². The van der Waals surface area contributed by atoms with Gasteiger partial charge in [-0.15, -0.1) is 0 Å². The second-order valence-corrected chi connectivity index (χ2v) is 6.23. The highest BCUT2D eigenvalue weighted by Crippen LogP contribution is 2.30. The van der Waals surface area contributed by atoms with E-state index in [2.05, 4.69) is 5.32 Å². The minimum Gasteiger partial charge on any atom is -0.444 e. The van der Waals surface area contributed by atoms with Crippen LogP contribution in [0.4, 0.5) is 18.0 Å². The molecule has 0 aliphatic carbocycles. The number of alkyl halides is 3. The summed E-state index contributed by atoms with van der Waals surface area (Å²) in [5.41, 5.74) is -1.18. The maximum absolute atomic E-state index is 12.5. The van der Waals surface area contributed by atoms with Crippen molar-refractivity contribution in [1.82, 2.24) is 5.32 Å². The number of hydrogen-bond acceptors (Lipinski definition) is 3. The maximum atomic E-state index is 12.5. The number of nitrogens with one attached hydrogen (secondary N) is 1. The number of aliphatic hydroxyl groups is 1. The highest BCUT2D eigenvalue weighted by molar-refractivity contribution is 5.68. The third-order valence-electron chi connectivity index (χ3n) is 3.10. The van der Waals surface area contributed by atoms with Crippen LogP contribution in [0.15, 0.2) is 24.3 Å². The van der Waals surface area contributed by atoms with E-state index in [1.165, 1.54) is 12.1 Å². The molecule has 1 aromatic carbocycles. The molecule has 0 heterocycles. The predicted molar refractivity (Wildman–Crippen MR) is 79.9 cm³/mol. The van der Waals surface area contributed by atoms with Crippen molar-refractivity contribution in [3.05, 3.63) is 35.4 Å². The van der Waals surface area contributed by atoms with Crippen molar-refractivity contribution in [2.24, 2.45) is 0 Å². The van der Waals surface area contributed by atoms with Crippen molar-refractivity contribution in [3.8, 4) is 0 Å². The third kappa shape index (κ3) is 6.09. The molecule has 0 spiro atoms. The van der Waals surface area contributed by atoms with Gasteiger partial charge in [0, 0.05) is 0 Å². The molecular formula is C16H22F3NO3. The van der Waals surface area contributed by atoms with Gasteiger partial charge < -0.3 is 15.2 Å². The Hall–Kier alpha value is -1.76. The van der Waals surface area contributed by atoms with Crippen LogP contribution in [-0.4, -0.2) is 22.8 Å². The van der Waals surface area contributed by atoms with Gasteiger partial charge >= 0.3 is 12.3 Å². The van der Waals surface area contributed by atoms with E-state index < -0.39 is 35.6 Å². The van der Waals surface area contributed by atoms with E-state index >= 15 is 0 Å². The lowest BCUT2D eigenvalue weighted by atomic mass is 9.99. The van der Waals surface area contributed by atoms with Crippen molar-refractivity contribution in [2.45, 2.75) is 58.0 Å². The van der Waals surface area contributed by atoms with Crippen LogP contribution >= 0.6 is 0 Å². The fourth-order valence-electron chi connectivity index (χ4n) is 1.96. The van der Waals surface area contributed by atoms with E-state index in [1.54, 1.807) is 27.7 Å². The van der Waals surface area contributed by atoms with Crippen LogP contribution in [0.1, 0.15) is 51.3 Å². The first kappa shape index (κ1) is 19.3. The first-order chi connectivity index (χ1) is 10.4. The smallest absolute Gasteiger partial charge is 0.416 e. The highest BCUT2D eigenvalue weighted by Gasteiger charge is 2.31. The minimum absolute atomic E-state index is 0.293. The topological polar surface area (TPSA) is 58.6 Å². The summed E-state index contributed by atoms with van der Waals surface area (Å²) in [4.78, 5) is 11.8. The number of carbonyl (C=O) groups is 1. The molecule has 1 amide bonds. The Labute approximate surface area is 133 Å². The van der Waals surface area contributed by atoms with Crippen molar-refractivity contribution in [1.29, 1.82) is 0 Å². The molecule has 7 heteroatoms. The number of carbonyl (C=O) groups excluding carboxylic acids is 1. The number of halogens is 3. The molecule has 0 aliphatic heterocycles. The average Bonchev–Trinajstić information content (AvgIpc) is 2.41. The summed E-state index contributed by atoms with van der Waals surface area (Å²) in [7, 11) is 0. The van der Waals surface area contributed by atoms with Gasteiger partial charge in [0.05, 0.1) is 17.7 Å². The molecule has 2 N–H and O–H groups in total. The summed E-state index contributed by atoms with van der Waals surface area (Å²) in [6.45, 7) is 6.87. The SMILES string of the molecule is CCC(NC(=O)OC(C)(C)C)C(O)c1ccc(C(F)(F)F)cc1. The van der Waals surface area contributed by atoms with Crippen molar-refractivity contribution in [2.75, 3.05) is 0 Å². The van der Waals surface area contributed by atoms with Crippen LogP contribution in [0.5, 0.6) is 0 Å². The quantitative estimate of drug-likeness (QED) is 0.874. The van der Waals surface area contributed by atoms with E-state index in [1.807, 2.05) is 0 Å². The summed E-state index contributed by atoms with van der Waals surface area (Å²) in [5, 5.41) is 12.8. The Balaban J connectivity index is 2.80. The third-order valence-corrected chi connectivity index (χ3v) is 3.10. The zero-order chi connectivity index (χ0) is 17.8. The van der Waals surface area contributed by atoms with Crippen LogP contribution in [0, 0.1) is 0 Å². The van der Waals surface area contributed by atoms with E-state index in [0.717, 1.165) is 12.1 Å². The highest BCUT2D eigenvalue weighted by atomic mass is 19.4. The molecule has 130 valence electrons. The number of rotatable bonds is 4. The van der Waals surface area contributed by atoms with Crippen molar-refractivity contribution in [3.63, 3.8) is 0 Å². The van der Waals surface area contributed by atoms with Gasteiger partial charge in [0.1, 0.15) is 5.60 Å². The molecule has 2 atom stereocenters. The zero-order valence-electron chi connectivity index (χ0n) is 13.6. The number of amides is 1. The van der Waals surface area contributed by atoms with Gasteiger partial charge in [-0.25, -0.2) is 4.79 Å².